The van der Waals surface area contributed by atoms with Crippen molar-refractivity contribution in [1.29, 1.82) is 0 Å². The summed E-state index contributed by atoms with van der Waals surface area (Å²) in [4.78, 5) is 9.05. The summed E-state index contributed by atoms with van der Waals surface area (Å²) in [5, 5.41) is 3.05. The Hall–Kier alpha value is -1.35. The first-order chi connectivity index (χ1) is 6.24. The standard InChI is InChI=1S/C8H11N.C2H5NO/c1-7-3-5-8(9-2)6-4-7;3-1-2-4/h3-6,9H,1-2H3;2H,1,3H2. The highest BCUT2D eigenvalue weighted by atomic mass is 16.1. The average Bonchev–Trinajstić information content (AvgIpc) is 2.19. The van der Waals surface area contributed by atoms with Crippen LogP contribution in [0.2, 0.25) is 0 Å². The van der Waals surface area contributed by atoms with Gasteiger partial charge in [0.1, 0.15) is 6.29 Å². The Labute approximate surface area is 78.9 Å². The molecule has 0 saturated carbocycles. The minimum absolute atomic E-state index is 0.139. The third-order valence-electron chi connectivity index (χ3n) is 1.44. The zero-order valence-electron chi connectivity index (χ0n) is 8.08. The van der Waals surface area contributed by atoms with Crippen LogP contribution in [0, 0.1) is 6.92 Å². The second-order valence-electron chi connectivity index (χ2n) is 2.52. The number of hydrogen-bond acceptors (Lipinski definition) is 3. The topological polar surface area (TPSA) is 55.1 Å². The van der Waals surface area contributed by atoms with Crippen molar-refractivity contribution in [2.24, 2.45) is 5.73 Å². The number of carbonyl (C=O) groups excluding carboxylic acids is 1. The summed E-state index contributed by atoms with van der Waals surface area (Å²) in [7, 11) is 1.92. The minimum atomic E-state index is 0.139. The molecule has 0 fully saturated rings. The Morgan fingerprint density at radius 1 is 1.38 bits per heavy atom. The molecule has 0 amide bonds. The normalized spacial score (nSPS) is 8.23. The molecule has 0 aliphatic carbocycles. The lowest BCUT2D eigenvalue weighted by Crippen LogP contribution is -1.97. The molecular formula is C10H16N2O. The van der Waals surface area contributed by atoms with Gasteiger partial charge in [-0.25, -0.2) is 0 Å². The van der Waals surface area contributed by atoms with E-state index in [0.29, 0.717) is 6.29 Å². The molecule has 0 atom stereocenters. The molecule has 72 valence electrons. The largest absolute Gasteiger partial charge is 0.388 e. The van der Waals surface area contributed by atoms with Crippen molar-refractivity contribution in [2.75, 3.05) is 18.9 Å². The zero-order valence-corrected chi connectivity index (χ0v) is 8.08. The first kappa shape index (κ1) is 11.6. The van der Waals surface area contributed by atoms with Gasteiger partial charge in [-0.1, -0.05) is 17.7 Å². The van der Waals surface area contributed by atoms with E-state index in [0.717, 1.165) is 0 Å². The molecule has 0 aliphatic rings. The van der Waals surface area contributed by atoms with Crippen LogP contribution in [-0.4, -0.2) is 19.9 Å². The van der Waals surface area contributed by atoms with Gasteiger partial charge in [0.2, 0.25) is 0 Å². The van der Waals surface area contributed by atoms with E-state index < -0.39 is 0 Å². The van der Waals surface area contributed by atoms with Gasteiger partial charge in [0, 0.05) is 19.3 Å². The van der Waals surface area contributed by atoms with E-state index in [4.69, 9.17) is 4.79 Å². The number of nitrogens with two attached hydrogens (primary N) is 1. The second kappa shape index (κ2) is 7.31. The van der Waals surface area contributed by atoms with Crippen LogP contribution in [0.1, 0.15) is 5.56 Å². The molecule has 0 bridgehead atoms. The molecule has 0 unspecified atom stereocenters. The van der Waals surface area contributed by atoms with Crippen LogP contribution in [0.3, 0.4) is 0 Å². The molecule has 0 saturated heterocycles. The zero-order chi connectivity index (χ0) is 10.1. The highest BCUT2D eigenvalue weighted by Crippen LogP contribution is 2.06. The van der Waals surface area contributed by atoms with Gasteiger partial charge in [-0.05, 0) is 19.1 Å². The van der Waals surface area contributed by atoms with Crippen molar-refractivity contribution in [3.63, 3.8) is 0 Å². The maximum Gasteiger partial charge on any atom is 0.133 e. The van der Waals surface area contributed by atoms with E-state index in [1.54, 1.807) is 0 Å². The summed E-state index contributed by atoms with van der Waals surface area (Å²) >= 11 is 0. The third kappa shape index (κ3) is 5.87. The van der Waals surface area contributed by atoms with E-state index in [2.05, 4.69) is 42.2 Å². The Bertz CT molecular complexity index is 231. The van der Waals surface area contributed by atoms with E-state index in [-0.39, 0.29) is 6.54 Å². The molecule has 0 heterocycles. The maximum atomic E-state index is 9.05. The van der Waals surface area contributed by atoms with E-state index >= 15 is 0 Å². The summed E-state index contributed by atoms with van der Waals surface area (Å²) in [6.45, 7) is 2.22. The number of aryl methyl sites for hydroxylation is 1. The SMILES string of the molecule is CNc1ccc(C)cc1.NCC=O. The summed E-state index contributed by atoms with van der Waals surface area (Å²) < 4.78 is 0. The second-order valence-corrected chi connectivity index (χ2v) is 2.52. The van der Waals surface area contributed by atoms with Crippen LogP contribution in [0.15, 0.2) is 24.3 Å². The fourth-order valence-corrected chi connectivity index (χ4v) is 0.720. The van der Waals surface area contributed by atoms with Crippen molar-refractivity contribution in [3.05, 3.63) is 29.8 Å². The molecule has 0 aromatic heterocycles. The van der Waals surface area contributed by atoms with Crippen molar-refractivity contribution in [3.8, 4) is 0 Å². The van der Waals surface area contributed by atoms with Gasteiger partial charge in [0.15, 0.2) is 0 Å². The first-order valence-electron chi connectivity index (χ1n) is 4.12. The lowest BCUT2D eigenvalue weighted by molar-refractivity contribution is -0.106. The van der Waals surface area contributed by atoms with Crippen molar-refractivity contribution < 1.29 is 4.79 Å². The number of anilines is 1. The molecule has 13 heavy (non-hydrogen) atoms. The number of nitrogens with one attached hydrogen (secondary N) is 1. The first-order valence-corrected chi connectivity index (χ1v) is 4.12. The predicted octanol–water partition coefficient (Wildman–Crippen LogP) is 1.18. The van der Waals surface area contributed by atoms with Gasteiger partial charge in [0.05, 0.1) is 0 Å². The van der Waals surface area contributed by atoms with Crippen LogP contribution in [-0.2, 0) is 4.79 Å². The van der Waals surface area contributed by atoms with Crippen LogP contribution in [0.25, 0.3) is 0 Å². The predicted molar refractivity (Wildman–Crippen MR) is 55.8 cm³/mol. The molecule has 0 radical (unpaired) electrons. The Balaban J connectivity index is 0.000000310. The summed E-state index contributed by atoms with van der Waals surface area (Å²) in [5.41, 5.74) is 7.13. The number of aldehydes is 1. The quantitative estimate of drug-likeness (QED) is 0.672. The van der Waals surface area contributed by atoms with E-state index in [9.17, 15) is 0 Å². The van der Waals surface area contributed by atoms with Crippen molar-refractivity contribution in [1.82, 2.24) is 0 Å². The fourth-order valence-electron chi connectivity index (χ4n) is 0.720. The smallest absolute Gasteiger partial charge is 0.133 e. The molecule has 1 aromatic carbocycles. The molecule has 0 aliphatic heterocycles. The van der Waals surface area contributed by atoms with Gasteiger partial charge >= 0.3 is 0 Å². The average molecular weight is 180 g/mol. The highest BCUT2D eigenvalue weighted by molar-refractivity contribution is 5.51. The monoisotopic (exact) mass is 180 g/mol. The van der Waals surface area contributed by atoms with E-state index in [1.807, 2.05) is 7.05 Å². The molecular weight excluding hydrogens is 164 g/mol. The number of carbonyl (C=O) groups is 1. The van der Waals surface area contributed by atoms with Crippen LogP contribution in [0.5, 0.6) is 0 Å². The van der Waals surface area contributed by atoms with Crippen molar-refractivity contribution >= 4 is 12.0 Å². The summed E-state index contributed by atoms with van der Waals surface area (Å²) in [6, 6.07) is 8.31. The summed E-state index contributed by atoms with van der Waals surface area (Å²) in [5.74, 6) is 0. The Morgan fingerprint density at radius 3 is 2.15 bits per heavy atom. The highest BCUT2D eigenvalue weighted by Gasteiger charge is 1.83. The van der Waals surface area contributed by atoms with Gasteiger partial charge in [-0.2, -0.15) is 0 Å². The lowest BCUT2D eigenvalue weighted by Gasteiger charge is -1.97. The lowest BCUT2D eigenvalue weighted by atomic mass is 10.2. The maximum absolute atomic E-state index is 9.05. The molecule has 3 N–H and O–H groups in total. The molecule has 1 rings (SSSR count). The van der Waals surface area contributed by atoms with Gasteiger partial charge in [0.25, 0.3) is 0 Å². The van der Waals surface area contributed by atoms with Crippen molar-refractivity contribution in [2.45, 2.75) is 6.92 Å². The molecule has 3 nitrogen and oxygen atoms in total. The third-order valence-corrected chi connectivity index (χ3v) is 1.44. The number of hydrogen-bond donors (Lipinski definition) is 2. The van der Waals surface area contributed by atoms with Gasteiger partial charge < -0.3 is 15.8 Å². The van der Waals surface area contributed by atoms with E-state index in [1.165, 1.54) is 11.3 Å². The molecule has 1 aromatic rings. The minimum Gasteiger partial charge on any atom is -0.388 e. The van der Waals surface area contributed by atoms with Gasteiger partial charge in [-0.3, -0.25) is 0 Å². The Kier molecular flexibility index (Phi) is 6.55. The van der Waals surface area contributed by atoms with Crippen LogP contribution >= 0.6 is 0 Å². The number of benzene rings is 1. The van der Waals surface area contributed by atoms with Crippen LogP contribution in [0.4, 0.5) is 5.69 Å². The fraction of sp³-hybridized carbons (Fsp3) is 0.300. The molecule has 0 spiro atoms. The Morgan fingerprint density at radius 2 is 1.85 bits per heavy atom. The summed E-state index contributed by atoms with van der Waals surface area (Å²) in [6.07, 6.45) is 0.653. The number of rotatable bonds is 2. The molecule has 3 heteroatoms. The van der Waals surface area contributed by atoms with Gasteiger partial charge in [-0.15, -0.1) is 0 Å². The van der Waals surface area contributed by atoms with Crippen LogP contribution < -0.4 is 11.1 Å².